The molecule has 2 fully saturated rings. The van der Waals surface area contributed by atoms with E-state index in [1.54, 1.807) is 21.0 Å². The highest BCUT2D eigenvalue weighted by molar-refractivity contribution is 5.89. The van der Waals surface area contributed by atoms with Crippen molar-refractivity contribution in [3.63, 3.8) is 0 Å². The first-order valence-corrected chi connectivity index (χ1v) is 22.7. The lowest BCUT2D eigenvalue weighted by atomic mass is 9.92. The molecular weight excluding hydrogens is 798 g/mol. The summed E-state index contributed by atoms with van der Waals surface area (Å²) in [5.41, 5.74) is 0. The number of ketones is 1. The summed E-state index contributed by atoms with van der Waals surface area (Å²) in [4.78, 5) is 50.7. The Balaban J connectivity index is 1.69. The molecule has 2 saturated heterocycles. The molecule has 2 heterocycles. The van der Waals surface area contributed by atoms with Gasteiger partial charge >= 0.3 is 0 Å². The standard InChI is InChI=1S/C43H79N3O15/c1-29-38(53)40(55)33(27-47)60-42(29)58-25-14-6-10-20-35(50)44-22-13-12-17-31(32(49)18-8-4-5-9-19-36(51)45-23-16-24-57-3)46-37(52)21-11-7-15-26-59-43-30(2)39(54)41(56)34(28-48)61-43/h29-31,33-34,38-43,47-48,53-56H,4-28H2,1-3H3,(H,44,50)(H,45,51)(H,46,52)/t29?,30?,31-,33?,34?,38+,39+,40-,41-,42+,43+/m0/s1. The van der Waals surface area contributed by atoms with Gasteiger partial charge < -0.3 is 70.3 Å². The average Bonchev–Trinajstić information content (AvgIpc) is 3.25. The smallest absolute Gasteiger partial charge is 0.220 e. The molecule has 0 spiro atoms. The zero-order chi connectivity index (χ0) is 45.0. The largest absolute Gasteiger partial charge is 0.394 e. The van der Waals surface area contributed by atoms with E-state index in [9.17, 15) is 49.8 Å². The van der Waals surface area contributed by atoms with Crippen molar-refractivity contribution < 1.29 is 73.5 Å². The number of unbranched alkanes of at least 4 members (excludes halogenated alkanes) is 8. The molecule has 0 radical (unpaired) electrons. The van der Waals surface area contributed by atoms with Crippen LogP contribution in [-0.4, -0.2) is 163 Å². The van der Waals surface area contributed by atoms with E-state index in [2.05, 4.69) is 16.0 Å². The van der Waals surface area contributed by atoms with Crippen LogP contribution in [0, 0.1) is 11.8 Å². The van der Waals surface area contributed by atoms with Gasteiger partial charge in [0.25, 0.3) is 0 Å². The van der Waals surface area contributed by atoms with Crippen LogP contribution in [0.3, 0.4) is 0 Å². The zero-order valence-corrected chi connectivity index (χ0v) is 36.9. The predicted octanol–water partition coefficient (Wildman–Crippen LogP) is 1.12. The van der Waals surface area contributed by atoms with Crippen LogP contribution in [0.1, 0.15) is 129 Å². The van der Waals surface area contributed by atoms with Gasteiger partial charge in [-0.25, -0.2) is 0 Å². The van der Waals surface area contributed by atoms with Gasteiger partial charge in [0, 0.05) is 77.5 Å². The highest BCUT2D eigenvalue weighted by Gasteiger charge is 2.43. The van der Waals surface area contributed by atoms with Crippen molar-refractivity contribution in [1.82, 2.24) is 16.0 Å². The van der Waals surface area contributed by atoms with Crippen molar-refractivity contribution in [3.05, 3.63) is 0 Å². The SMILES string of the molecule is COCCCNC(=O)CCCCCCC(=O)[C@H](CCCCNC(=O)CCCCCO[C@@H]1OC(CO)[C@H](O)[C@H](O)C1C)NC(=O)CCCCCO[C@@H]1OC(CO)[C@H](O)[C@H](O)C1C. The molecule has 18 nitrogen and oxygen atoms in total. The van der Waals surface area contributed by atoms with Crippen LogP contribution in [0.5, 0.6) is 0 Å². The summed E-state index contributed by atoms with van der Waals surface area (Å²) >= 11 is 0. The number of carbonyl (C=O) groups excluding carboxylic acids is 4. The highest BCUT2D eigenvalue weighted by atomic mass is 16.7. The summed E-state index contributed by atoms with van der Waals surface area (Å²) in [6.07, 6.45) is 2.91. The van der Waals surface area contributed by atoms with Crippen molar-refractivity contribution in [2.75, 3.05) is 53.2 Å². The van der Waals surface area contributed by atoms with E-state index < -0.39 is 80.3 Å². The Bertz CT molecular complexity index is 1210. The summed E-state index contributed by atoms with van der Waals surface area (Å²) in [6.45, 7) is 4.83. The van der Waals surface area contributed by atoms with Gasteiger partial charge in [-0.2, -0.15) is 0 Å². The topological polar surface area (TPSA) is 272 Å². The first kappa shape index (κ1) is 54.8. The second kappa shape index (κ2) is 32.3. The Labute approximate surface area is 362 Å². The lowest BCUT2D eigenvalue weighted by Crippen LogP contribution is -2.55. The van der Waals surface area contributed by atoms with E-state index >= 15 is 0 Å². The first-order chi connectivity index (χ1) is 29.3. The fourth-order valence-electron chi connectivity index (χ4n) is 7.36. The minimum absolute atomic E-state index is 0.00827. The van der Waals surface area contributed by atoms with Gasteiger partial charge in [0.1, 0.15) is 24.4 Å². The molecular formula is C43H79N3O15. The maximum Gasteiger partial charge on any atom is 0.220 e. The van der Waals surface area contributed by atoms with Crippen LogP contribution in [0.2, 0.25) is 0 Å². The summed E-state index contributed by atoms with van der Waals surface area (Å²) in [5, 5.41) is 68.0. The molecule has 2 rings (SSSR count). The molecule has 356 valence electrons. The highest BCUT2D eigenvalue weighted by Crippen LogP contribution is 2.28. The quantitative estimate of drug-likeness (QED) is 0.0410. The third-order valence-corrected chi connectivity index (χ3v) is 11.4. The number of methoxy groups -OCH3 is 1. The number of hydrogen-bond acceptors (Lipinski definition) is 15. The second-order valence-electron chi connectivity index (χ2n) is 16.5. The van der Waals surface area contributed by atoms with Crippen LogP contribution in [-0.2, 0) is 42.9 Å². The maximum absolute atomic E-state index is 13.3. The molecule has 4 unspecified atom stereocenters. The molecule has 11 atom stereocenters. The fourth-order valence-corrected chi connectivity index (χ4v) is 7.36. The van der Waals surface area contributed by atoms with Crippen LogP contribution in [0.15, 0.2) is 0 Å². The van der Waals surface area contributed by atoms with Gasteiger partial charge in [0.05, 0.1) is 31.5 Å². The van der Waals surface area contributed by atoms with Crippen LogP contribution >= 0.6 is 0 Å². The molecule has 18 heteroatoms. The Morgan fingerprint density at radius 3 is 1.46 bits per heavy atom. The predicted molar refractivity (Wildman–Crippen MR) is 224 cm³/mol. The number of ether oxygens (including phenoxy) is 5. The van der Waals surface area contributed by atoms with E-state index in [0.717, 1.165) is 32.1 Å². The molecule has 0 aromatic heterocycles. The number of hydrogen-bond donors (Lipinski definition) is 9. The number of amides is 3. The number of Topliss-reactive ketones (excluding diaryl/α,β-unsaturated/α-hetero) is 1. The number of rotatable bonds is 34. The third-order valence-electron chi connectivity index (χ3n) is 11.4. The van der Waals surface area contributed by atoms with E-state index in [4.69, 9.17) is 23.7 Å². The van der Waals surface area contributed by atoms with Gasteiger partial charge in [-0.3, -0.25) is 19.2 Å². The van der Waals surface area contributed by atoms with Crippen molar-refractivity contribution in [2.24, 2.45) is 11.8 Å². The fraction of sp³-hybridized carbons (Fsp3) is 0.907. The van der Waals surface area contributed by atoms with E-state index in [-0.39, 0.29) is 29.9 Å². The lowest BCUT2D eigenvalue weighted by molar-refractivity contribution is -0.282. The minimum atomic E-state index is -1.19. The molecule has 0 saturated carbocycles. The average molecular weight is 878 g/mol. The Kier molecular flexibility index (Phi) is 29.0. The van der Waals surface area contributed by atoms with E-state index in [1.807, 2.05) is 0 Å². The molecule has 61 heavy (non-hydrogen) atoms. The number of aliphatic hydroxyl groups is 6. The summed E-state index contributed by atoms with van der Waals surface area (Å²) in [6, 6.07) is -0.636. The van der Waals surface area contributed by atoms with Crippen molar-refractivity contribution >= 4 is 23.5 Å². The van der Waals surface area contributed by atoms with Gasteiger partial charge in [-0.05, 0) is 64.2 Å². The first-order valence-electron chi connectivity index (χ1n) is 22.7. The molecule has 0 aromatic rings. The third kappa shape index (κ3) is 21.7. The maximum atomic E-state index is 13.3. The van der Waals surface area contributed by atoms with Crippen molar-refractivity contribution in [3.8, 4) is 0 Å². The monoisotopic (exact) mass is 878 g/mol. The minimum Gasteiger partial charge on any atom is -0.394 e. The molecule has 3 amide bonds. The zero-order valence-electron chi connectivity index (χ0n) is 36.9. The number of nitrogens with one attached hydrogen (secondary N) is 3. The van der Waals surface area contributed by atoms with Crippen LogP contribution in [0.4, 0.5) is 0 Å². The van der Waals surface area contributed by atoms with Gasteiger partial charge in [-0.1, -0.05) is 39.5 Å². The van der Waals surface area contributed by atoms with Gasteiger partial charge in [0.15, 0.2) is 18.4 Å². The normalized spacial score (nSPS) is 27.0. The summed E-state index contributed by atoms with van der Waals surface area (Å²) < 4.78 is 27.7. The van der Waals surface area contributed by atoms with Crippen molar-refractivity contribution in [2.45, 2.75) is 185 Å². The molecule has 0 aliphatic carbocycles. The van der Waals surface area contributed by atoms with Crippen molar-refractivity contribution in [1.29, 1.82) is 0 Å². The molecule has 2 aliphatic rings. The van der Waals surface area contributed by atoms with Gasteiger partial charge in [0.2, 0.25) is 17.7 Å². The van der Waals surface area contributed by atoms with E-state index in [0.29, 0.717) is 110 Å². The van der Waals surface area contributed by atoms with Crippen LogP contribution < -0.4 is 16.0 Å². The lowest BCUT2D eigenvalue weighted by Gasteiger charge is -2.40. The molecule has 0 aromatic carbocycles. The summed E-state index contributed by atoms with van der Waals surface area (Å²) in [5.74, 6) is -1.26. The molecule has 0 bridgehead atoms. The molecule has 2 aliphatic heterocycles. The molecule has 9 N–H and O–H groups in total. The van der Waals surface area contributed by atoms with Crippen LogP contribution in [0.25, 0.3) is 0 Å². The van der Waals surface area contributed by atoms with E-state index in [1.165, 1.54) is 0 Å². The van der Waals surface area contributed by atoms with Gasteiger partial charge in [-0.15, -0.1) is 0 Å². The second-order valence-corrected chi connectivity index (χ2v) is 16.5. The number of aliphatic hydroxyl groups excluding tert-OH is 6. The Morgan fingerprint density at radius 2 is 0.984 bits per heavy atom. The Hall–Kier alpha value is -2.36. The Morgan fingerprint density at radius 1 is 0.541 bits per heavy atom. The summed E-state index contributed by atoms with van der Waals surface area (Å²) in [7, 11) is 1.62. The number of carbonyl (C=O) groups is 4.